The van der Waals surface area contributed by atoms with Gasteiger partial charge in [0.15, 0.2) is 0 Å². The van der Waals surface area contributed by atoms with Gasteiger partial charge in [0.2, 0.25) is 0 Å². The quantitative estimate of drug-likeness (QED) is 0.579. The molecule has 0 spiro atoms. The van der Waals surface area contributed by atoms with E-state index in [1.807, 2.05) is 0 Å². The van der Waals surface area contributed by atoms with Gasteiger partial charge in [-0.05, 0) is 0 Å². The van der Waals surface area contributed by atoms with E-state index in [0.717, 1.165) is 0 Å². The molecular weight excluding hydrogens is 253 g/mol. The minimum absolute atomic E-state index is 0. The van der Waals surface area contributed by atoms with E-state index >= 15 is 0 Å². The van der Waals surface area contributed by atoms with Gasteiger partial charge in [-0.25, -0.2) is 0 Å². The van der Waals surface area contributed by atoms with E-state index in [1.54, 1.807) is 0 Å². The fraction of sp³-hybridized carbons (Fsp3) is 0. The second kappa shape index (κ2) is 52.7. The van der Waals surface area contributed by atoms with E-state index in [2.05, 4.69) is 0 Å². The molecule has 0 aliphatic heterocycles. The average molecular weight is 257 g/mol. The summed E-state index contributed by atoms with van der Waals surface area (Å²) in [5.74, 6) is 0. The van der Waals surface area contributed by atoms with Gasteiger partial charge in [-0.1, -0.05) is 0 Å². The van der Waals surface area contributed by atoms with Gasteiger partial charge in [0, 0.05) is 38.8 Å². The van der Waals surface area contributed by atoms with Gasteiger partial charge in [-0.2, -0.15) is 0 Å². The Morgan fingerprint density at radius 1 is 0.500 bits per heavy atom. The molecule has 0 aliphatic rings. The molecule has 0 bridgehead atoms. The van der Waals surface area contributed by atoms with E-state index < -0.39 is 0 Å². The van der Waals surface area contributed by atoms with Gasteiger partial charge >= 0.3 is 0 Å². The van der Waals surface area contributed by atoms with E-state index in [0.29, 0.717) is 0 Å². The van der Waals surface area contributed by atoms with Gasteiger partial charge in [0.1, 0.15) is 0 Å². The molecular formula is H4Cl4CuTi. The summed E-state index contributed by atoms with van der Waals surface area (Å²) in [6.07, 6.45) is 0. The number of halogens is 4. The standard InChI is InChI=1S/4ClH.Cu.Ti/h4*1H;;. The third-order valence-electron chi connectivity index (χ3n) is 0. The normalized spacial score (nSPS) is 0. The van der Waals surface area contributed by atoms with Crippen LogP contribution < -0.4 is 0 Å². The Morgan fingerprint density at radius 3 is 0.500 bits per heavy atom. The maximum Gasteiger partial charge on any atom is 0 e. The van der Waals surface area contributed by atoms with Crippen LogP contribution in [0.3, 0.4) is 0 Å². The van der Waals surface area contributed by atoms with Gasteiger partial charge < -0.3 is 0 Å². The molecule has 0 N–H and O–H groups in total. The molecule has 0 nitrogen and oxygen atoms in total. The van der Waals surface area contributed by atoms with Gasteiger partial charge in [-0.3, -0.25) is 0 Å². The SMILES string of the molecule is Cl.Cl.Cl.Cl.[Cu].[Ti]. The minimum atomic E-state index is 0. The third-order valence-corrected chi connectivity index (χ3v) is 0. The first-order valence-corrected chi connectivity index (χ1v) is 0. The summed E-state index contributed by atoms with van der Waals surface area (Å²) < 4.78 is 0. The van der Waals surface area contributed by atoms with Crippen molar-refractivity contribution < 1.29 is 38.8 Å². The maximum atomic E-state index is 0. The molecule has 0 saturated carbocycles. The van der Waals surface area contributed by atoms with E-state index in [9.17, 15) is 0 Å². The minimum Gasteiger partial charge on any atom is -0.147 e. The van der Waals surface area contributed by atoms with Crippen molar-refractivity contribution in [2.24, 2.45) is 0 Å². The molecule has 0 saturated heterocycles. The predicted molar refractivity (Wildman–Crippen MR) is 29.0 cm³/mol. The molecule has 0 aromatic heterocycles. The predicted octanol–water partition coefficient (Wildman–Crippen LogP) is 1.68. The first-order valence-electron chi connectivity index (χ1n) is 0. The Labute approximate surface area is 87.6 Å². The Kier molecular flexibility index (Phi) is 704. The molecule has 0 amide bonds. The van der Waals surface area contributed by atoms with Crippen LogP contribution in [0.5, 0.6) is 0 Å². The third kappa shape index (κ3) is 32.5. The summed E-state index contributed by atoms with van der Waals surface area (Å²) in [6, 6.07) is 0. The molecule has 0 atom stereocenters. The van der Waals surface area contributed by atoms with E-state index in [4.69, 9.17) is 0 Å². The van der Waals surface area contributed by atoms with Crippen molar-refractivity contribution in [1.29, 1.82) is 0 Å². The van der Waals surface area contributed by atoms with Crippen molar-refractivity contribution in [3.63, 3.8) is 0 Å². The number of hydrogen-bond donors (Lipinski definition) is 0. The summed E-state index contributed by atoms with van der Waals surface area (Å²) in [6.45, 7) is 0. The zero-order valence-corrected chi connectivity index (χ0v) is 8.20. The molecule has 0 aromatic rings. The molecule has 0 fully saturated rings. The largest absolute Gasteiger partial charge is 0.147 e. The molecule has 0 unspecified atom stereocenters. The van der Waals surface area contributed by atoms with Crippen LogP contribution in [0.1, 0.15) is 0 Å². The molecule has 1 radical (unpaired) electrons. The summed E-state index contributed by atoms with van der Waals surface area (Å²) in [5.41, 5.74) is 0. The van der Waals surface area contributed by atoms with Crippen molar-refractivity contribution in [2.75, 3.05) is 0 Å². The van der Waals surface area contributed by atoms with E-state index in [1.165, 1.54) is 0 Å². The van der Waals surface area contributed by atoms with Crippen LogP contribution in [0.4, 0.5) is 0 Å². The first kappa shape index (κ1) is 80.1. The van der Waals surface area contributed by atoms with Crippen LogP contribution in [0.2, 0.25) is 0 Å². The van der Waals surface area contributed by atoms with E-state index in [-0.39, 0.29) is 88.4 Å². The summed E-state index contributed by atoms with van der Waals surface area (Å²) in [4.78, 5) is 0. The monoisotopic (exact) mass is 255 g/mol. The molecule has 0 rings (SSSR count). The van der Waals surface area contributed by atoms with Crippen molar-refractivity contribution >= 4 is 49.6 Å². The maximum absolute atomic E-state index is 0. The first-order chi connectivity index (χ1) is 0. The Morgan fingerprint density at radius 2 is 0.500 bits per heavy atom. The van der Waals surface area contributed by atoms with Gasteiger partial charge in [0.05, 0.1) is 0 Å². The molecule has 47 valence electrons. The van der Waals surface area contributed by atoms with Crippen LogP contribution in [0.25, 0.3) is 0 Å². The van der Waals surface area contributed by atoms with Crippen LogP contribution in [-0.4, -0.2) is 0 Å². The molecule has 0 aliphatic carbocycles. The summed E-state index contributed by atoms with van der Waals surface area (Å²) in [7, 11) is 0. The second-order valence-electron chi connectivity index (χ2n) is 0. The fourth-order valence-corrected chi connectivity index (χ4v) is 0. The van der Waals surface area contributed by atoms with Crippen LogP contribution in [0, 0.1) is 0 Å². The number of hydrogen-bond acceptors (Lipinski definition) is 0. The van der Waals surface area contributed by atoms with Gasteiger partial charge in [-0.15, -0.1) is 49.6 Å². The topological polar surface area (TPSA) is 0 Å². The van der Waals surface area contributed by atoms with Crippen LogP contribution in [-0.2, 0) is 38.8 Å². The molecule has 0 heterocycles. The summed E-state index contributed by atoms with van der Waals surface area (Å²) in [5, 5.41) is 0. The molecule has 6 heteroatoms. The zero-order valence-electron chi connectivity index (χ0n) is 2.43. The zero-order chi connectivity index (χ0) is 0. The smallest absolute Gasteiger partial charge is 0 e. The Balaban J connectivity index is 0. The Bertz CT molecular complexity index is 7.51. The molecule has 6 heavy (non-hydrogen) atoms. The van der Waals surface area contributed by atoms with Crippen molar-refractivity contribution in [1.82, 2.24) is 0 Å². The van der Waals surface area contributed by atoms with Crippen molar-refractivity contribution in [3.8, 4) is 0 Å². The second-order valence-corrected chi connectivity index (χ2v) is 0. The van der Waals surface area contributed by atoms with Crippen molar-refractivity contribution in [3.05, 3.63) is 0 Å². The fourth-order valence-electron chi connectivity index (χ4n) is 0. The van der Waals surface area contributed by atoms with Crippen LogP contribution in [0.15, 0.2) is 0 Å². The summed E-state index contributed by atoms with van der Waals surface area (Å²) >= 11 is 0. The average Bonchev–Trinajstić information content (AvgIpc) is 0. The van der Waals surface area contributed by atoms with Crippen molar-refractivity contribution in [2.45, 2.75) is 0 Å². The number of rotatable bonds is 0. The Hall–Kier alpha value is 2.39. The van der Waals surface area contributed by atoms with Gasteiger partial charge in [0.25, 0.3) is 0 Å². The molecule has 0 aromatic carbocycles. The van der Waals surface area contributed by atoms with Crippen LogP contribution >= 0.6 is 49.6 Å².